The number of carbonyl (C=O) groups excluding carboxylic acids is 3. The maximum absolute atomic E-state index is 13.2. The minimum Gasteiger partial charge on any atom is -0.478 e. The highest BCUT2D eigenvalue weighted by Crippen LogP contribution is 2.16. The van der Waals surface area contributed by atoms with Gasteiger partial charge >= 0.3 is 11.7 Å². The third kappa shape index (κ3) is 5.98. The molecule has 3 aromatic carbocycles. The number of anilines is 2. The number of nitrogens with zero attached hydrogens (tertiary/aromatic N) is 3. The summed E-state index contributed by atoms with van der Waals surface area (Å²) in [6.07, 6.45) is 0. The number of fused-ring (bicyclic) bond motifs is 1. The maximum atomic E-state index is 13.2. The molecule has 3 amide bonds. The second kappa shape index (κ2) is 11.9. The monoisotopic (exact) mass is 613 g/mol. The van der Waals surface area contributed by atoms with Crippen LogP contribution in [0.5, 0.6) is 0 Å². The molecule has 5 aromatic rings. The van der Waals surface area contributed by atoms with Crippen molar-refractivity contribution >= 4 is 40.8 Å². The van der Waals surface area contributed by atoms with Crippen LogP contribution in [-0.2, 0) is 17.9 Å². The number of primary amides is 1. The highest BCUT2D eigenvalue weighted by atomic mass is 16.4. The lowest BCUT2D eigenvalue weighted by Gasteiger charge is -2.16. The largest absolute Gasteiger partial charge is 0.478 e. The van der Waals surface area contributed by atoms with Gasteiger partial charge in [0.05, 0.1) is 5.56 Å². The minimum atomic E-state index is -1.38. The number of nitrogen functional groups attached to an aromatic ring is 1. The molecule has 0 spiro atoms. The molecule has 0 aliphatic heterocycles. The Bertz CT molecular complexity index is 2130. The Kier molecular flexibility index (Phi) is 7.90. The molecule has 228 valence electrons. The van der Waals surface area contributed by atoms with Crippen molar-refractivity contribution in [3.8, 4) is 0 Å². The van der Waals surface area contributed by atoms with Gasteiger partial charge in [-0.1, -0.05) is 36.4 Å². The van der Waals surface area contributed by atoms with Crippen molar-refractivity contribution in [3.63, 3.8) is 0 Å². The average Bonchev–Trinajstić information content (AvgIpc) is 3.42. The van der Waals surface area contributed by atoms with Crippen molar-refractivity contribution in [2.24, 2.45) is 5.73 Å². The molecule has 0 saturated heterocycles. The van der Waals surface area contributed by atoms with Crippen molar-refractivity contribution in [2.75, 3.05) is 11.1 Å². The molecule has 9 N–H and O–H groups in total. The number of rotatable bonds is 11. The molecular formula is C28H23N9O8. The summed E-state index contributed by atoms with van der Waals surface area (Å²) < 4.78 is 0.859. The van der Waals surface area contributed by atoms with Crippen molar-refractivity contribution in [1.82, 2.24) is 30.2 Å². The highest BCUT2D eigenvalue weighted by Gasteiger charge is 2.25. The zero-order valence-electron chi connectivity index (χ0n) is 23.0. The van der Waals surface area contributed by atoms with E-state index in [0.29, 0.717) is 11.1 Å². The van der Waals surface area contributed by atoms with Crippen molar-refractivity contribution in [3.05, 3.63) is 119 Å². The molecule has 2 heterocycles. The van der Waals surface area contributed by atoms with Crippen LogP contribution in [0.1, 0.15) is 54.1 Å². The van der Waals surface area contributed by atoms with Gasteiger partial charge in [0.25, 0.3) is 28.4 Å². The topological polar surface area (TPSA) is 274 Å². The number of carboxylic acid groups (broad SMARTS) is 1. The Balaban J connectivity index is 1.33. The molecule has 0 fully saturated rings. The molecule has 17 heteroatoms. The van der Waals surface area contributed by atoms with Crippen molar-refractivity contribution < 1.29 is 24.3 Å². The van der Waals surface area contributed by atoms with E-state index in [1.807, 2.05) is 0 Å². The second-order valence-corrected chi connectivity index (χ2v) is 9.73. The summed E-state index contributed by atoms with van der Waals surface area (Å²) in [5.74, 6) is -4.14. The molecule has 1 atom stereocenters. The molecule has 2 aromatic heterocycles. The van der Waals surface area contributed by atoms with Gasteiger partial charge in [-0.25, -0.2) is 24.1 Å². The van der Waals surface area contributed by atoms with Crippen molar-refractivity contribution in [1.29, 1.82) is 0 Å². The Morgan fingerprint density at radius 3 is 2.27 bits per heavy atom. The molecule has 5 rings (SSSR count). The number of aromatic amines is 1. The van der Waals surface area contributed by atoms with E-state index in [1.165, 1.54) is 24.3 Å². The number of hydrogen-bond acceptors (Lipinski definition) is 11. The second-order valence-electron chi connectivity index (χ2n) is 9.73. The summed E-state index contributed by atoms with van der Waals surface area (Å²) in [6, 6.07) is 11.7. The number of nitrogens with two attached hydrogens (primary N) is 2. The van der Waals surface area contributed by atoms with Gasteiger partial charge in [-0.15, -0.1) is 5.10 Å². The number of hydrogen-bond donors (Lipinski definition) is 7. The third-order valence-electron chi connectivity index (χ3n) is 6.77. The molecule has 0 aliphatic carbocycles. The maximum Gasteiger partial charge on any atom is 0.349 e. The first-order valence-corrected chi connectivity index (χ1v) is 13.0. The molecule has 0 unspecified atom stereocenters. The number of carboxylic acids is 1. The number of carbonyl (C=O) groups is 4. The summed E-state index contributed by atoms with van der Waals surface area (Å²) in [5, 5.41) is 22.9. The number of aromatic nitrogens is 4. The van der Waals surface area contributed by atoms with Gasteiger partial charge in [0.2, 0.25) is 5.91 Å². The van der Waals surface area contributed by atoms with E-state index in [4.69, 9.17) is 16.6 Å². The molecule has 17 nitrogen and oxygen atoms in total. The number of amides is 3. The van der Waals surface area contributed by atoms with E-state index in [9.17, 15) is 33.6 Å². The molecule has 0 radical (unpaired) electrons. The normalized spacial score (nSPS) is 11.6. The smallest absolute Gasteiger partial charge is 0.349 e. The zero-order chi connectivity index (χ0) is 32.4. The van der Waals surface area contributed by atoms with Gasteiger partial charge in [0, 0.05) is 13.1 Å². The molecule has 0 aliphatic rings. The zero-order valence-corrected chi connectivity index (χ0v) is 23.0. The fourth-order valence-corrected chi connectivity index (χ4v) is 4.44. The average molecular weight is 614 g/mol. The molecular weight excluding hydrogens is 590 g/mol. The van der Waals surface area contributed by atoms with Gasteiger partial charge in [0.15, 0.2) is 0 Å². The van der Waals surface area contributed by atoms with Crippen LogP contribution in [0.2, 0.25) is 0 Å². The van der Waals surface area contributed by atoms with E-state index in [-0.39, 0.29) is 52.8 Å². The Morgan fingerprint density at radius 1 is 0.933 bits per heavy atom. The van der Waals surface area contributed by atoms with Gasteiger partial charge in [0.1, 0.15) is 28.8 Å². The number of aromatic carboxylic acids is 1. The van der Waals surface area contributed by atoms with Crippen LogP contribution in [0.25, 0.3) is 5.78 Å². The summed E-state index contributed by atoms with van der Waals surface area (Å²) in [6.45, 7) is 0.170. The molecule has 0 saturated carbocycles. The fraction of sp³-hybridized carbons (Fsp3) is 0.107. The van der Waals surface area contributed by atoms with Crippen LogP contribution in [0.3, 0.4) is 0 Å². The standard InChI is InChI=1S/C28H23N9O8/c29-18-20(22(39)21(18)38)31-10-12-2-1-3-13(8-12)11-32-25(42)17-9-16(33-27-35-36-28(45)37(17)27)24(41)34-19(23(30)40)14-4-6-15(7-5-14)26(43)44/h1-9,19,31H,10-11,29H2,(H2,30,40)(H,32,42)(H,34,41)(H,36,45)(H,43,44)/t19-/m1/s1. The van der Waals surface area contributed by atoms with Crippen LogP contribution in [0.15, 0.2) is 69.0 Å². The van der Waals surface area contributed by atoms with Crippen LogP contribution >= 0.6 is 0 Å². The Morgan fingerprint density at radius 2 is 1.62 bits per heavy atom. The lowest BCUT2D eigenvalue weighted by molar-refractivity contribution is -0.120. The minimum absolute atomic E-state index is 0.0110. The Labute approximate surface area is 250 Å². The quantitative estimate of drug-likeness (QED) is 0.0865. The van der Waals surface area contributed by atoms with Gasteiger partial charge < -0.3 is 32.5 Å². The van der Waals surface area contributed by atoms with Gasteiger partial charge in [-0.3, -0.25) is 24.0 Å². The van der Waals surface area contributed by atoms with E-state index in [2.05, 4.69) is 31.1 Å². The SMILES string of the molecule is NC(=O)[C@H](NC(=O)c1cc(C(=O)NCc2cccc(CNc3c(N)c(=O)c3=O)c2)n2c(=O)[nH]nc2n1)c1ccc(C(=O)O)cc1. The number of benzene rings is 2. The van der Waals surface area contributed by atoms with Crippen LogP contribution in [-0.4, -0.2) is 48.4 Å². The first kappa shape index (κ1) is 29.8. The number of nitrogens with one attached hydrogen (secondary N) is 4. The van der Waals surface area contributed by atoms with E-state index >= 15 is 0 Å². The van der Waals surface area contributed by atoms with E-state index in [0.717, 1.165) is 10.5 Å². The summed E-state index contributed by atoms with van der Waals surface area (Å²) in [5.41, 5.74) is 9.54. The van der Waals surface area contributed by atoms with Crippen LogP contribution < -0.4 is 44.0 Å². The van der Waals surface area contributed by atoms with Gasteiger partial charge in [-0.05, 0) is 34.9 Å². The fourth-order valence-electron chi connectivity index (χ4n) is 4.44. The van der Waals surface area contributed by atoms with E-state index < -0.39 is 46.3 Å². The molecule has 45 heavy (non-hydrogen) atoms. The predicted molar refractivity (Wildman–Crippen MR) is 157 cm³/mol. The summed E-state index contributed by atoms with van der Waals surface area (Å²) >= 11 is 0. The summed E-state index contributed by atoms with van der Waals surface area (Å²) in [7, 11) is 0. The lowest BCUT2D eigenvalue weighted by Crippen LogP contribution is -2.38. The van der Waals surface area contributed by atoms with Crippen LogP contribution in [0, 0.1) is 0 Å². The highest BCUT2D eigenvalue weighted by molar-refractivity contribution is 6.00. The Hall–Kier alpha value is -6.65. The van der Waals surface area contributed by atoms with E-state index in [1.54, 1.807) is 24.3 Å². The van der Waals surface area contributed by atoms with Crippen LogP contribution in [0.4, 0.5) is 11.4 Å². The lowest BCUT2D eigenvalue weighted by atomic mass is 10.0. The van der Waals surface area contributed by atoms with Gasteiger partial charge in [-0.2, -0.15) is 0 Å². The first-order chi connectivity index (χ1) is 21.4. The number of H-pyrrole nitrogens is 1. The van der Waals surface area contributed by atoms with Crippen molar-refractivity contribution in [2.45, 2.75) is 19.1 Å². The summed E-state index contributed by atoms with van der Waals surface area (Å²) in [4.78, 5) is 89.1. The first-order valence-electron chi connectivity index (χ1n) is 13.0. The predicted octanol–water partition coefficient (Wildman–Crippen LogP) is -1.21. The molecule has 0 bridgehead atoms. The third-order valence-corrected chi connectivity index (χ3v) is 6.77.